The van der Waals surface area contributed by atoms with E-state index in [1.165, 1.54) is 0 Å². The Bertz CT molecular complexity index is 1260. The number of hydrazone groups is 1. The van der Waals surface area contributed by atoms with Crippen LogP contribution in [0.2, 0.25) is 0 Å². The van der Waals surface area contributed by atoms with Crippen LogP contribution in [0.1, 0.15) is 34.4 Å². The first-order valence-corrected chi connectivity index (χ1v) is 10.3. The first-order chi connectivity index (χ1) is 15.6. The van der Waals surface area contributed by atoms with Gasteiger partial charge in [0.25, 0.3) is 5.91 Å². The molecule has 162 valence electrons. The molecule has 4 aromatic rings. The summed E-state index contributed by atoms with van der Waals surface area (Å²) in [5, 5.41) is 15.7. The molecule has 4 rings (SSSR count). The van der Waals surface area contributed by atoms with Crippen molar-refractivity contribution < 1.29 is 9.53 Å². The minimum atomic E-state index is -0.389. The van der Waals surface area contributed by atoms with Crippen molar-refractivity contribution in [3.8, 4) is 22.7 Å². The average molecular weight is 428 g/mol. The number of ether oxygens (including phenoxy) is 1. The predicted octanol–water partition coefficient (Wildman–Crippen LogP) is 4.04. The molecule has 0 aliphatic rings. The topological polar surface area (TPSA) is 97.2 Å². The summed E-state index contributed by atoms with van der Waals surface area (Å²) in [5.74, 6) is 0.326. The lowest BCUT2D eigenvalue weighted by Crippen LogP contribution is -2.18. The van der Waals surface area contributed by atoms with Gasteiger partial charge in [0.15, 0.2) is 0 Å². The smallest absolute Gasteiger partial charge is 0.289 e. The van der Waals surface area contributed by atoms with E-state index in [-0.39, 0.29) is 5.91 Å². The summed E-state index contributed by atoms with van der Waals surface area (Å²) in [7, 11) is 0. The second-order valence-electron chi connectivity index (χ2n) is 7.13. The second kappa shape index (κ2) is 9.30. The first kappa shape index (κ1) is 21.0. The summed E-state index contributed by atoms with van der Waals surface area (Å²) >= 11 is 0. The standard InChI is InChI=1S/C24H24N6O2/c1-4-32-23-13-9-8-12-19(23)21-14-22(27-26-21)24(31)28-25-15-20-16(2)29-30(17(20)3)18-10-6-5-7-11-18/h5-15H,4H2,1-3H3,(H,26,27)(H,28,31)/b25-15-. The number of amides is 1. The highest BCUT2D eigenvalue weighted by molar-refractivity contribution is 5.94. The number of nitrogens with zero attached hydrogens (tertiary/aromatic N) is 4. The SMILES string of the molecule is CCOc1ccccc1-c1cc(C(=O)N/N=C\c2c(C)nn(-c3ccccc3)c2C)[nH]n1. The van der Waals surface area contributed by atoms with Gasteiger partial charge in [0, 0.05) is 11.1 Å². The Morgan fingerprint density at radius 1 is 1.16 bits per heavy atom. The van der Waals surface area contributed by atoms with Crippen molar-refractivity contribution in [1.29, 1.82) is 0 Å². The number of aromatic amines is 1. The molecule has 0 aliphatic carbocycles. The molecule has 0 aliphatic heterocycles. The van der Waals surface area contributed by atoms with Gasteiger partial charge in [0.1, 0.15) is 11.4 Å². The van der Waals surface area contributed by atoms with Crippen LogP contribution < -0.4 is 10.2 Å². The predicted molar refractivity (Wildman–Crippen MR) is 123 cm³/mol. The molecule has 1 amide bonds. The molecule has 2 N–H and O–H groups in total. The molecule has 8 nitrogen and oxygen atoms in total. The van der Waals surface area contributed by atoms with Crippen LogP contribution in [0.4, 0.5) is 0 Å². The first-order valence-electron chi connectivity index (χ1n) is 10.3. The quantitative estimate of drug-likeness (QED) is 0.343. The fourth-order valence-corrected chi connectivity index (χ4v) is 3.41. The van der Waals surface area contributed by atoms with Crippen LogP contribution in [0.15, 0.2) is 65.8 Å². The number of carbonyl (C=O) groups is 1. The highest BCUT2D eigenvalue weighted by atomic mass is 16.5. The molecule has 0 radical (unpaired) electrons. The minimum absolute atomic E-state index is 0.303. The van der Waals surface area contributed by atoms with Crippen molar-refractivity contribution in [1.82, 2.24) is 25.4 Å². The number of para-hydroxylation sites is 2. The van der Waals surface area contributed by atoms with Gasteiger partial charge in [0.2, 0.25) is 0 Å². The van der Waals surface area contributed by atoms with Crippen molar-refractivity contribution in [2.24, 2.45) is 5.10 Å². The van der Waals surface area contributed by atoms with Crippen LogP contribution in [0, 0.1) is 13.8 Å². The van der Waals surface area contributed by atoms with E-state index in [1.54, 1.807) is 12.3 Å². The number of carbonyl (C=O) groups excluding carboxylic acids is 1. The van der Waals surface area contributed by atoms with Crippen LogP contribution in [0.5, 0.6) is 5.75 Å². The summed E-state index contributed by atoms with van der Waals surface area (Å²) in [5.41, 5.74) is 7.86. The number of aryl methyl sites for hydroxylation is 1. The summed E-state index contributed by atoms with van der Waals surface area (Å²) < 4.78 is 7.50. The van der Waals surface area contributed by atoms with Crippen molar-refractivity contribution in [2.45, 2.75) is 20.8 Å². The fraction of sp³-hybridized carbons (Fsp3) is 0.167. The highest BCUT2D eigenvalue weighted by Gasteiger charge is 2.14. The van der Waals surface area contributed by atoms with Gasteiger partial charge in [-0.15, -0.1) is 0 Å². The van der Waals surface area contributed by atoms with Gasteiger partial charge in [-0.1, -0.05) is 30.3 Å². The van der Waals surface area contributed by atoms with Crippen molar-refractivity contribution in [3.63, 3.8) is 0 Å². The monoisotopic (exact) mass is 428 g/mol. The van der Waals surface area contributed by atoms with Crippen LogP contribution in [-0.2, 0) is 0 Å². The third-order valence-electron chi connectivity index (χ3n) is 4.99. The number of aromatic nitrogens is 4. The Balaban J connectivity index is 1.48. The van der Waals surface area contributed by atoms with E-state index < -0.39 is 0 Å². The van der Waals surface area contributed by atoms with Crippen LogP contribution in [0.25, 0.3) is 16.9 Å². The molecule has 32 heavy (non-hydrogen) atoms. The summed E-state index contributed by atoms with van der Waals surface area (Å²) in [4.78, 5) is 12.5. The third kappa shape index (κ3) is 4.29. The van der Waals surface area contributed by atoms with E-state index in [4.69, 9.17) is 4.74 Å². The lowest BCUT2D eigenvalue weighted by atomic mass is 10.1. The van der Waals surface area contributed by atoms with Crippen LogP contribution in [-0.4, -0.2) is 38.7 Å². The fourth-order valence-electron chi connectivity index (χ4n) is 3.41. The van der Waals surface area contributed by atoms with Gasteiger partial charge in [-0.25, -0.2) is 10.1 Å². The molecule has 2 heterocycles. The van der Waals surface area contributed by atoms with Crippen molar-refractivity contribution in [3.05, 3.63) is 83.3 Å². The number of rotatable bonds is 7. The number of H-pyrrole nitrogens is 1. The molecule has 0 saturated carbocycles. The van der Waals surface area contributed by atoms with E-state index in [2.05, 4.69) is 25.8 Å². The normalized spacial score (nSPS) is 11.1. The van der Waals surface area contributed by atoms with Crippen LogP contribution >= 0.6 is 0 Å². The molecule has 2 aromatic heterocycles. The van der Waals surface area contributed by atoms with Gasteiger partial charge in [-0.2, -0.15) is 15.3 Å². The second-order valence-corrected chi connectivity index (χ2v) is 7.13. The molecule has 0 spiro atoms. The number of nitrogens with one attached hydrogen (secondary N) is 2. The van der Waals surface area contributed by atoms with Gasteiger partial charge < -0.3 is 4.74 Å². The van der Waals surface area contributed by atoms with E-state index in [9.17, 15) is 4.79 Å². The number of benzene rings is 2. The summed E-state index contributed by atoms with van der Waals surface area (Å²) in [6.07, 6.45) is 1.61. The molecule has 8 heteroatoms. The molecule has 0 bridgehead atoms. The average Bonchev–Trinajstić information content (AvgIpc) is 3.41. The summed E-state index contributed by atoms with van der Waals surface area (Å²) in [6.45, 7) is 6.34. The molecule has 0 saturated heterocycles. The van der Waals surface area contributed by atoms with Gasteiger partial charge in [0.05, 0.1) is 35.6 Å². The Hall–Kier alpha value is -4.20. The highest BCUT2D eigenvalue weighted by Crippen LogP contribution is 2.28. The molecule has 0 atom stereocenters. The zero-order valence-electron chi connectivity index (χ0n) is 18.2. The van der Waals surface area contributed by atoms with Crippen molar-refractivity contribution in [2.75, 3.05) is 6.61 Å². The van der Waals surface area contributed by atoms with E-state index in [0.29, 0.717) is 23.7 Å². The Labute approximate surface area is 185 Å². The minimum Gasteiger partial charge on any atom is -0.493 e. The van der Waals surface area contributed by atoms with E-state index in [0.717, 1.165) is 28.2 Å². The Morgan fingerprint density at radius 3 is 2.69 bits per heavy atom. The lowest BCUT2D eigenvalue weighted by Gasteiger charge is -2.07. The van der Waals surface area contributed by atoms with E-state index >= 15 is 0 Å². The maximum atomic E-state index is 12.5. The van der Waals surface area contributed by atoms with Gasteiger partial charge >= 0.3 is 0 Å². The van der Waals surface area contributed by atoms with E-state index in [1.807, 2.05) is 80.1 Å². The molecular formula is C24H24N6O2. The maximum absolute atomic E-state index is 12.5. The van der Waals surface area contributed by atoms with Gasteiger partial charge in [-0.05, 0) is 51.1 Å². The zero-order valence-corrected chi connectivity index (χ0v) is 18.2. The summed E-state index contributed by atoms with van der Waals surface area (Å²) in [6, 6.07) is 19.1. The van der Waals surface area contributed by atoms with Crippen LogP contribution in [0.3, 0.4) is 0 Å². The molecule has 2 aromatic carbocycles. The molecule has 0 fully saturated rings. The Morgan fingerprint density at radius 2 is 1.91 bits per heavy atom. The molecule has 0 unspecified atom stereocenters. The number of hydrogen-bond acceptors (Lipinski definition) is 5. The van der Waals surface area contributed by atoms with Gasteiger partial charge in [-0.3, -0.25) is 9.89 Å². The number of hydrogen-bond donors (Lipinski definition) is 2. The molecular weight excluding hydrogens is 404 g/mol. The largest absolute Gasteiger partial charge is 0.493 e. The lowest BCUT2D eigenvalue weighted by molar-refractivity contribution is 0.0950. The Kier molecular flexibility index (Phi) is 6.12. The van der Waals surface area contributed by atoms with Crippen molar-refractivity contribution >= 4 is 12.1 Å². The zero-order chi connectivity index (χ0) is 22.5. The maximum Gasteiger partial charge on any atom is 0.289 e. The third-order valence-corrected chi connectivity index (χ3v) is 4.99.